The molecule has 170 valence electrons. The normalized spacial score (nSPS) is 12.6. The number of aliphatic carboxylic acids is 2. The molecule has 0 saturated heterocycles. The van der Waals surface area contributed by atoms with Crippen LogP contribution in [-0.2, 0) is 14.4 Å². The Labute approximate surface area is 223 Å². The molecule has 0 aromatic carbocycles. The van der Waals surface area contributed by atoms with Crippen molar-refractivity contribution in [1.82, 2.24) is 5.32 Å². The largest absolute Gasteiger partial charge is 1.00 e. The number of nitrogens with one attached hydrogen (secondary N) is 1. The molecule has 0 radical (unpaired) electrons. The van der Waals surface area contributed by atoms with Crippen LogP contribution >= 0.6 is 0 Å². The van der Waals surface area contributed by atoms with E-state index in [9.17, 15) is 24.6 Å². The van der Waals surface area contributed by atoms with Gasteiger partial charge in [-0.3, -0.25) is 9.59 Å². The van der Waals surface area contributed by atoms with Crippen molar-refractivity contribution in [2.75, 3.05) is 39.3 Å². The molecule has 0 aliphatic rings. The predicted molar refractivity (Wildman–Crippen MR) is 109 cm³/mol. The molecule has 0 aliphatic heterocycles. The van der Waals surface area contributed by atoms with Crippen molar-refractivity contribution in [1.29, 1.82) is 0 Å². The van der Waals surface area contributed by atoms with Crippen LogP contribution in [0.15, 0.2) is 0 Å². The first kappa shape index (κ1) is 32.1. The Morgan fingerprint density at radius 3 is 1.97 bits per heavy atom. The van der Waals surface area contributed by atoms with Crippen LogP contribution in [0.3, 0.4) is 0 Å². The summed E-state index contributed by atoms with van der Waals surface area (Å²) in [6, 6.07) is 0. The minimum Gasteiger partial charge on any atom is -0.550 e. The quantitative estimate of drug-likeness (QED) is 0.111. The summed E-state index contributed by atoms with van der Waals surface area (Å²) >= 11 is 0. The summed E-state index contributed by atoms with van der Waals surface area (Å²) in [5.74, 6) is -1.86. The van der Waals surface area contributed by atoms with Gasteiger partial charge in [0.1, 0.15) is 6.54 Å². The van der Waals surface area contributed by atoms with Gasteiger partial charge in [-0.1, -0.05) is 26.2 Å². The van der Waals surface area contributed by atoms with Gasteiger partial charge in [0.05, 0.1) is 32.8 Å². The van der Waals surface area contributed by atoms with E-state index in [-0.39, 0.29) is 76.7 Å². The number of quaternary nitrogens is 1. The molecule has 0 bridgehead atoms. The molecule has 8 nitrogen and oxygen atoms in total. The van der Waals surface area contributed by atoms with Gasteiger partial charge in [0, 0.05) is 18.8 Å². The van der Waals surface area contributed by atoms with Crippen molar-refractivity contribution in [3.05, 3.63) is 0 Å². The fourth-order valence-corrected chi connectivity index (χ4v) is 3.56. The maximum Gasteiger partial charge on any atom is 1.00 e. The van der Waals surface area contributed by atoms with Gasteiger partial charge < -0.3 is 29.9 Å². The first-order valence-corrected chi connectivity index (χ1v) is 11.0. The summed E-state index contributed by atoms with van der Waals surface area (Å²) in [4.78, 5) is 33.4. The molecule has 9 heteroatoms. The van der Waals surface area contributed by atoms with E-state index in [1.165, 1.54) is 0 Å². The Morgan fingerprint density at radius 1 is 0.833 bits per heavy atom. The van der Waals surface area contributed by atoms with Crippen LogP contribution in [0.5, 0.6) is 0 Å². The van der Waals surface area contributed by atoms with Gasteiger partial charge >= 0.3 is 57.4 Å². The Balaban J connectivity index is 0. The van der Waals surface area contributed by atoms with Crippen LogP contribution in [0, 0.1) is 0 Å². The van der Waals surface area contributed by atoms with Crippen molar-refractivity contribution in [3.8, 4) is 0 Å². The first-order valence-electron chi connectivity index (χ1n) is 11.0. The third-order valence-corrected chi connectivity index (χ3v) is 5.28. The van der Waals surface area contributed by atoms with Crippen molar-refractivity contribution >= 4 is 17.8 Å². The number of carboxylic acid groups (broad SMARTS) is 2. The van der Waals surface area contributed by atoms with Crippen LogP contribution in [0.2, 0.25) is 0 Å². The zero-order chi connectivity index (χ0) is 22.0. The number of hydrogen-bond acceptors (Lipinski definition) is 5. The molecule has 1 amide bonds. The number of carbonyl (C=O) groups excluding carboxylic acids is 2. The van der Waals surface area contributed by atoms with Gasteiger partial charge in [-0.25, -0.2) is 0 Å². The zero-order valence-corrected chi connectivity index (χ0v) is 22.1. The molecule has 1 atom stereocenters. The van der Waals surface area contributed by atoms with Crippen LogP contribution in [0.25, 0.3) is 0 Å². The van der Waals surface area contributed by atoms with E-state index < -0.39 is 11.9 Å². The molecular weight excluding hydrogens is 415 g/mol. The first-order chi connectivity index (χ1) is 13.8. The van der Waals surface area contributed by atoms with E-state index in [2.05, 4.69) is 12.2 Å². The monoisotopic (exact) mass is 455 g/mol. The number of unbranched alkanes of at least 4 members (excludes halogenated alkanes) is 5. The van der Waals surface area contributed by atoms with E-state index in [0.717, 1.165) is 25.7 Å². The maximum absolute atomic E-state index is 12.0. The molecule has 30 heavy (non-hydrogen) atoms. The number of amides is 1. The van der Waals surface area contributed by atoms with E-state index >= 15 is 0 Å². The minimum atomic E-state index is -1.07. The number of carbonyl (C=O) groups is 3. The summed E-state index contributed by atoms with van der Waals surface area (Å²) in [5, 5.41) is 32.0. The van der Waals surface area contributed by atoms with Gasteiger partial charge in [-0.05, 0) is 38.5 Å². The van der Waals surface area contributed by atoms with Crippen LogP contribution < -0.4 is 61.8 Å². The van der Waals surface area contributed by atoms with Crippen LogP contribution in [-0.4, -0.2) is 71.9 Å². The van der Waals surface area contributed by atoms with Gasteiger partial charge in [0.2, 0.25) is 5.91 Å². The van der Waals surface area contributed by atoms with Crippen molar-refractivity contribution in [3.63, 3.8) is 0 Å². The molecule has 0 aromatic heterocycles. The van der Waals surface area contributed by atoms with Gasteiger partial charge in [-0.2, -0.15) is 0 Å². The summed E-state index contributed by atoms with van der Waals surface area (Å²) in [5.41, 5.74) is 0. The average molecular weight is 456 g/mol. The maximum atomic E-state index is 12.0. The number of nitrogens with zero attached hydrogens (tertiary/aromatic N) is 1. The fraction of sp³-hybridized carbons (Fsp3) is 0.857. The topological polar surface area (TPSA) is 127 Å². The van der Waals surface area contributed by atoms with Gasteiger partial charge in [-0.15, -0.1) is 0 Å². The van der Waals surface area contributed by atoms with Crippen LogP contribution in [0.1, 0.15) is 77.6 Å². The van der Waals surface area contributed by atoms with E-state index in [1.807, 2.05) is 0 Å². The van der Waals surface area contributed by atoms with Crippen molar-refractivity contribution in [2.24, 2.45) is 0 Å². The summed E-state index contributed by atoms with van der Waals surface area (Å²) in [6.07, 6.45) is 7.28. The molecular formula is C21H40KN2O6+. The van der Waals surface area contributed by atoms with Crippen molar-refractivity contribution < 1.29 is 85.6 Å². The Kier molecular flexibility index (Phi) is 22.3. The van der Waals surface area contributed by atoms with Crippen molar-refractivity contribution in [2.45, 2.75) is 77.6 Å². The molecule has 0 saturated carbocycles. The Morgan fingerprint density at radius 2 is 1.43 bits per heavy atom. The Bertz CT molecular complexity index is 454. The third kappa shape index (κ3) is 18.7. The van der Waals surface area contributed by atoms with Gasteiger partial charge in [0.15, 0.2) is 0 Å². The summed E-state index contributed by atoms with van der Waals surface area (Å²) in [6.45, 7) is 5.14. The average Bonchev–Trinajstić information content (AvgIpc) is 2.66. The fourth-order valence-electron chi connectivity index (χ4n) is 3.56. The zero-order valence-electron chi connectivity index (χ0n) is 19.0. The third-order valence-electron chi connectivity index (χ3n) is 5.28. The molecule has 0 heterocycles. The number of hydrogen-bond donors (Lipinski definition) is 3. The van der Waals surface area contributed by atoms with Crippen LogP contribution in [0.4, 0.5) is 0 Å². The number of aliphatic hydroxyl groups is 1. The summed E-state index contributed by atoms with van der Waals surface area (Å²) in [7, 11) is 0. The second kappa shape index (κ2) is 20.8. The van der Waals surface area contributed by atoms with E-state index in [1.54, 1.807) is 0 Å². The molecule has 3 N–H and O–H groups in total. The molecule has 0 spiro atoms. The number of aliphatic hydroxyl groups excluding tert-OH is 1. The van der Waals surface area contributed by atoms with Gasteiger partial charge in [0.25, 0.3) is 0 Å². The molecule has 1 unspecified atom stereocenters. The molecule has 0 aliphatic carbocycles. The summed E-state index contributed by atoms with van der Waals surface area (Å²) < 4.78 is 0.555. The number of carboxylic acids is 2. The second-order valence-corrected chi connectivity index (χ2v) is 7.80. The van der Waals surface area contributed by atoms with E-state index in [4.69, 9.17) is 5.11 Å². The second-order valence-electron chi connectivity index (χ2n) is 7.80. The minimum absolute atomic E-state index is 0. The SMILES string of the molecule is CCCCCCC(=O)NCC[N+](CCO)(CCCCC(=O)[O-])CCCCC(=O)O.[K+]. The molecule has 0 aromatic rings. The number of rotatable bonds is 20. The Hall–Kier alpha value is -0.0336. The van der Waals surface area contributed by atoms with E-state index in [0.29, 0.717) is 69.3 Å². The smallest absolute Gasteiger partial charge is 0.550 e. The molecule has 0 fully saturated rings. The molecule has 0 rings (SSSR count). The standard InChI is InChI=1S/C21H40N2O6.K/c1-2-3-4-5-10-19(25)22-13-16-23(17-18-24,14-8-6-11-20(26)27)15-9-7-12-21(28)29;/h24H,2-18H2,1H3,(H2-,22,25,26,27,28,29);/q;+1. The predicted octanol–water partition coefficient (Wildman–Crippen LogP) is -1.94.